The Hall–Kier alpha value is -1.89. The van der Waals surface area contributed by atoms with Crippen molar-refractivity contribution in [3.8, 4) is 0 Å². The molecule has 0 N–H and O–H groups in total. The van der Waals surface area contributed by atoms with E-state index >= 15 is 0 Å². The number of allylic oxidation sites excluding steroid dienone is 7. The molecule has 0 radical (unpaired) electrons. The molecule has 0 saturated carbocycles. The summed E-state index contributed by atoms with van der Waals surface area (Å²) in [4.78, 5) is 3.94. The fraction of sp³-hybridized carbons (Fsp3) is 0. The molecule has 0 aliphatic rings. The summed E-state index contributed by atoms with van der Waals surface area (Å²) in [5.41, 5.74) is 1.88. The zero-order chi connectivity index (χ0) is 10.8. The molecule has 0 aliphatic heterocycles. The minimum absolute atomic E-state index is 0.926. The molecule has 0 aliphatic carbocycles. The van der Waals surface area contributed by atoms with Crippen molar-refractivity contribution in [2.45, 2.75) is 0 Å². The highest BCUT2D eigenvalue weighted by Crippen LogP contribution is 2.09. The first-order valence-electron chi connectivity index (χ1n) is 4.22. The molecule has 1 nitrogen and oxygen atoms in total. The van der Waals surface area contributed by atoms with Gasteiger partial charge >= 0.3 is 0 Å². The zero-order valence-electron chi connectivity index (χ0n) is 8.32. The Labute approximate surface area is 85.9 Å². The monoisotopic (exact) mass is 185 g/mol. The third-order valence-electron chi connectivity index (χ3n) is 1.47. The molecular formula is C13H15N. The zero-order valence-corrected chi connectivity index (χ0v) is 8.32. The Kier molecular flexibility index (Phi) is 6.70. The highest BCUT2D eigenvalue weighted by atomic mass is 14.7. The minimum atomic E-state index is 0.926. The topological polar surface area (TPSA) is 12.4 Å². The molecule has 1 heteroatoms. The van der Waals surface area contributed by atoms with E-state index in [9.17, 15) is 0 Å². The van der Waals surface area contributed by atoms with Gasteiger partial charge in [0.15, 0.2) is 0 Å². The van der Waals surface area contributed by atoms with Crippen LogP contribution in [0.1, 0.15) is 0 Å². The summed E-state index contributed by atoms with van der Waals surface area (Å²) in [5.74, 6) is 0. The lowest BCUT2D eigenvalue weighted by Crippen LogP contribution is -1.87. The van der Waals surface area contributed by atoms with Crippen molar-refractivity contribution in [1.82, 2.24) is 0 Å². The largest absolute Gasteiger partial charge is 0.265 e. The van der Waals surface area contributed by atoms with Gasteiger partial charge in [-0.3, -0.25) is 4.99 Å². The first-order chi connectivity index (χ1) is 6.79. The molecule has 0 atom stereocenters. The van der Waals surface area contributed by atoms with Crippen LogP contribution in [0.2, 0.25) is 0 Å². The summed E-state index contributed by atoms with van der Waals surface area (Å²) in [6.07, 6.45) is 12.0. The van der Waals surface area contributed by atoms with Gasteiger partial charge in [-0.2, -0.15) is 0 Å². The lowest BCUT2D eigenvalue weighted by Gasteiger charge is -1.99. The summed E-state index contributed by atoms with van der Waals surface area (Å²) in [6, 6.07) is 0. The highest BCUT2D eigenvalue weighted by Gasteiger charge is 1.95. The molecule has 0 saturated heterocycles. The average Bonchev–Trinajstić information content (AvgIpc) is 2.21. The van der Waals surface area contributed by atoms with Crippen LogP contribution in [0.3, 0.4) is 0 Å². The molecule has 0 unspecified atom stereocenters. The Bertz CT molecular complexity index is 314. The van der Waals surface area contributed by atoms with Crippen LogP contribution in [0.5, 0.6) is 0 Å². The van der Waals surface area contributed by atoms with Crippen molar-refractivity contribution in [1.29, 1.82) is 0 Å². The van der Waals surface area contributed by atoms with Crippen LogP contribution in [0, 0.1) is 0 Å². The van der Waals surface area contributed by atoms with Crippen LogP contribution < -0.4 is 0 Å². The summed E-state index contributed by atoms with van der Waals surface area (Å²) in [5, 5.41) is 0. The van der Waals surface area contributed by atoms with E-state index in [1.54, 1.807) is 24.4 Å². The molecule has 0 spiro atoms. The van der Waals surface area contributed by atoms with Gasteiger partial charge in [-0.25, -0.2) is 0 Å². The normalized spacial score (nSPS) is 12.6. The number of hydrogen-bond donors (Lipinski definition) is 0. The third kappa shape index (κ3) is 4.21. The molecule has 0 aromatic rings. The molecule has 0 aromatic carbocycles. The Morgan fingerprint density at radius 2 is 1.43 bits per heavy atom. The number of hydrogen-bond acceptors (Lipinski definition) is 1. The fourth-order valence-electron chi connectivity index (χ4n) is 0.883. The molecule has 0 bridgehead atoms. The van der Waals surface area contributed by atoms with E-state index in [-0.39, 0.29) is 0 Å². The number of rotatable bonds is 6. The van der Waals surface area contributed by atoms with Gasteiger partial charge in [0.1, 0.15) is 0 Å². The second kappa shape index (κ2) is 7.74. The maximum Gasteiger partial charge on any atom is 0.0346 e. The SMILES string of the molecule is C=CC=C(/C=N\C=C)/C(C=C)=C\C=C. The van der Waals surface area contributed by atoms with Crippen LogP contribution >= 0.6 is 0 Å². The van der Waals surface area contributed by atoms with Gasteiger partial charge in [-0.1, -0.05) is 56.7 Å². The van der Waals surface area contributed by atoms with Crippen LogP contribution in [0.15, 0.2) is 79.0 Å². The van der Waals surface area contributed by atoms with Crippen molar-refractivity contribution in [3.05, 3.63) is 74.0 Å². The van der Waals surface area contributed by atoms with Gasteiger partial charge in [-0.05, 0) is 11.1 Å². The molecule has 0 heterocycles. The van der Waals surface area contributed by atoms with Crippen LogP contribution in [0.4, 0.5) is 0 Å². The van der Waals surface area contributed by atoms with Crippen molar-refractivity contribution >= 4 is 6.21 Å². The van der Waals surface area contributed by atoms with Crippen molar-refractivity contribution in [3.63, 3.8) is 0 Å². The standard InChI is InChI=1S/C13H15N/c1-5-9-12(7-3)13(10-6-2)11-14-8-4/h5-11H,1-4H2/b12-9-,13-10?,14-11-. The summed E-state index contributed by atoms with van der Waals surface area (Å²) in [7, 11) is 0. The van der Waals surface area contributed by atoms with Gasteiger partial charge < -0.3 is 0 Å². The van der Waals surface area contributed by atoms with Crippen LogP contribution in [0.25, 0.3) is 0 Å². The van der Waals surface area contributed by atoms with E-state index in [1.165, 1.54) is 6.20 Å². The number of nitrogens with zero attached hydrogens (tertiary/aromatic N) is 1. The van der Waals surface area contributed by atoms with Crippen molar-refractivity contribution < 1.29 is 0 Å². The van der Waals surface area contributed by atoms with Gasteiger partial charge in [0.05, 0.1) is 0 Å². The predicted molar refractivity (Wildman–Crippen MR) is 65.4 cm³/mol. The minimum Gasteiger partial charge on any atom is -0.265 e. The van der Waals surface area contributed by atoms with E-state index in [0.29, 0.717) is 0 Å². The van der Waals surface area contributed by atoms with Crippen molar-refractivity contribution in [2.75, 3.05) is 0 Å². The molecule has 0 amide bonds. The second-order valence-corrected chi connectivity index (χ2v) is 2.38. The van der Waals surface area contributed by atoms with E-state index in [0.717, 1.165) is 11.1 Å². The van der Waals surface area contributed by atoms with Crippen LogP contribution in [-0.2, 0) is 0 Å². The van der Waals surface area contributed by atoms with Crippen molar-refractivity contribution in [2.24, 2.45) is 4.99 Å². The molecule has 0 rings (SSSR count). The molecular weight excluding hydrogens is 170 g/mol. The molecule has 0 fully saturated rings. The Morgan fingerprint density at radius 1 is 0.857 bits per heavy atom. The maximum absolute atomic E-state index is 3.94. The van der Waals surface area contributed by atoms with Crippen LogP contribution in [-0.4, -0.2) is 6.21 Å². The van der Waals surface area contributed by atoms with E-state index in [2.05, 4.69) is 31.3 Å². The van der Waals surface area contributed by atoms with Gasteiger partial charge in [0.25, 0.3) is 0 Å². The lowest BCUT2D eigenvalue weighted by atomic mass is 10.1. The molecule has 72 valence electrons. The predicted octanol–water partition coefficient (Wildman–Crippen LogP) is 3.61. The average molecular weight is 185 g/mol. The summed E-state index contributed by atoms with van der Waals surface area (Å²) in [6.45, 7) is 14.5. The van der Waals surface area contributed by atoms with Gasteiger partial charge in [0, 0.05) is 12.4 Å². The number of aliphatic imine (C=N–C) groups is 1. The molecule has 0 aromatic heterocycles. The van der Waals surface area contributed by atoms with E-state index < -0.39 is 0 Å². The summed E-state index contributed by atoms with van der Waals surface area (Å²) >= 11 is 0. The molecule has 14 heavy (non-hydrogen) atoms. The quantitative estimate of drug-likeness (QED) is 0.443. The summed E-state index contributed by atoms with van der Waals surface area (Å²) < 4.78 is 0. The Morgan fingerprint density at radius 3 is 1.86 bits per heavy atom. The van der Waals surface area contributed by atoms with E-state index in [1.807, 2.05) is 12.2 Å². The fourth-order valence-corrected chi connectivity index (χ4v) is 0.883. The van der Waals surface area contributed by atoms with E-state index in [4.69, 9.17) is 0 Å². The Balaban J connectivity index is 5.07. The van der Waals surface area contributed by atoms with Gasteiger partial charge in [0.2, 0.25) is 0 Å². The second-order valence-electron chi connectivity index (χ2n) is 2.38. The lowest BCUT2D eigenvalue weighted by molar-refractivity contribution is 1.56. The maximum atomic E-state index is 3.94. The first-order valence-corrected chi connectivity index (χ1v) is 4.22. The third-order valence-corrected chi connectivity index (χ3v) is 1.47. The first kappa shape index (κ1) is 12.1. The van der Waals surface area contributed by atoms with Gasteiger partial charge in [-0.15, -0.1) is 0 Å². The smallest absolute Gasteiger partial charge is 0.0346 e. The highest BCUT2D eigenvalue weighted by molar-refractivity contribution is 5.86.